The van der Waals surface area contributed by atoms with Crippen molar-refractivity contribution in [1.82, 2.24) is 25.5 Å². The van der Waals surface area contributed by atoms with Crippen LogP contribution >= 0.6 is 11.3 Å². The first-order valence-corrected chi connectivity index (χ1v) is 14.3. The number of ether oxygens (including phenoxy) is 2. The van der Waals surface area contributed by atoms with Crippen molar-refractivity contribution in [1.29, 1.82) is 0 Å². The van der Waals surface area contributed by atoms with Gasteiger partial charge in [-0.2, -0.15) is 0 Å². The van der Waals surface area contributed by atoms with Crippen LogP contribution in [-0.4, -0.2) is 58.2 Å². The minimum atomic E-state index is -0.668. The highest BCUT2D eigenvalue weighted by molar-refractivity contribution is 7.18. The zero-order chi connectivity index (χ0) is 28.2. The maximum absolute atomic E-state index is 12.9. The number of hydrogen-bond donors (Lipinski definition) is 3. The van der Waals surface area contributed by atoms with Gasteiger partial charge in [0.1, 0.15) is 28.1 Å². The van der Waals surface area contributed by atoms with Gasteiger partial charge in [-0.05, 0) is 56.5 Å². The molecule has 11 nitrogen and oxygen atoms in total. The number of carbonyl (C=O) groups excluding carboxylic acids is 3. The van der Waals surface area contributed by atoms with Gasteiger partial charge in [-0.1, -0.05) is 13.3 Å². The van der Waals surface area contributed by atoms with Crippen LogP contribution in [0.4, 0.5) is 5.82 Å². The van der Waals surface area contributed by atoms with E-state index in [9.17, 15) is 14.4 Å². The number of thiazole rings is 1. The van der Waals surface area contributed by atoms with Crippen LogP contribution in [0.25, 0.3) is 10.2 Å². The number of rotatable bonds is 9. The predicted octanol–water partition coefficient (Wildman–Crippen LogP) is 3.03. The highest BCUT2D eigenvalue weighted by Gasteiger charge is 2.44. The van der Waals surface area contributed by atoms with E-state index in [0.717, 1.165) is 33.8 Å². The molecule has 3 N–H and O–H groups in total. The summed E-state index contributed by atoms with van der Waals surface area (Å²) in [6, 6.07) is 7.06. The number of amides is 3. The molecule has 0 spiro atoms. The molecule has 0 saturated carbocycles. The highest BCUT2D eigenvalue weighted by Crippen LogP contribution is 2.37. The van der Waals surface area contributed by atoms with Gasteiger partial charge < -0.3 is 19.7 Å². The van der Waals surface area contributed by atoms with E-state index in [1.165, 1.54) is 10.5 Å². The summed E-state index contributed by atoms with van der Waals surface area (Å²) in [7, 11) is 1.68. The molecule has 2 aromatic heterocycles. The van der Waals surface area contributed by atoms with Crippen LogP contribution in [0.15, 0.2) is 24.3 Å². The van der Waals surface area contributed by atoms with E-state index < -0.39 is 17.5 Å². The lowest BCUT2D eigenvalue weighted by molar-refractivity contribution is -0.136. The molecule has 0 radical (unpaired) electrons. The summed E-state index contributed by atoms with van der Waals surface area (Å²) in [5.74, 6) is 0.374. The number of benzene rings is 1. The first-order valence-electron chi connectivity index (χ1n) is 13.5. The zero-order valence-electron chi connectivity index (χ0n) is 22.9. The van der Waals surface area contributed by atoms with Gasteiger partial charge in [0.05, 0.1) is 35.2 Å². The van der Waals surface area contributed by atoms with Crippen LogP contribution in [0.5, 0.6) is 5.75 Å². The lowest BCUT2D eigenvalue weighted by Crippen LogP contribution is -2.52. The lowest BCUT2D eigenvalue weighted by Gasteiger charge is -2.29. The number of carbonyl (C=O) groups is 3. The lowest BCUT2D eigenvalue weighted by atomic mass is 10.0. The van der Waals surface area contributed by atoms with Crippen LogP contribution in [0.1, 0.15) is 66.7 Å². The topological polar surface area (TPSA) is 138 Å². The number of imide groups is 1. The minimum absolute atomic E-state index is 0.213. The molecule has 5 heterocycles. The molecule has 210 valence electrons. The number of aryl methyl sites for hydroxylation is 1. The molecule has 3 unspecified atom stereocenters. The Bertz CT molecular complexity index is 1520. The maximum atomic E-state index is 12.9. The summed E-state index contributed by atoms with van der Waals surface area (Å²) in [4.78, 5) is 47.7. The molecule has 0 aliphatic carbocycles. The number of pyridine rings is 1. The average Bonchev–Trinajstić information content (AvgIpc) is 3.31. The van der Waals surface area contributed by atoms with Gasteiger partial charge in [-0.15, -0.1) is 11.3 Å². The molecule has 6 rings (SSSR count). The highest BCUT2D eigenvalue weighted by atomic mass is 32.1. The van der Waals surface area contributed by atoms with E-state index in [0.29, 0.717) is 23.5 Å². The second-order valence-corrected chi connectivity index (χ2v) is 11.9. The van der Waals surface area contributed by atoms with E-state index in [1.54, 1.807) is 30.6 Å². The average molecular weight is 565 g/mol. The van der Waals surface area contributed by atoms with Crippen molar-refractivity contribution in [3.63, 3.8) is 0 Å². The number of epoxide rings is 1. The van der Waals surface area contributed by atoms with Crippen LogP contribution in [0.2, 0.25) is 0 Å². The monoisotopic (exact) mass is 564 g/mol. The SMILES string of the molecule is CCCc1cc(OC)c2nc(C(C)(C)NC3OC3Nc3ccc4c(n3)CN(C3CCC(=O)NC3=O)C4=O)sc2c1. The van der Waals surface area contributed by atoms with Crippen molar-refractivity contribution >= 4 is 45.1 Å². The second-order valence-electron chi connectivity index (χ2n) is 10.9. The Morgan fingerprint density at radius 3 is 2.77 bits per heavy atom. The number of nitrogens with one attached hydrogen (secondary N) is 3. The summed E-state index contributed by atoms with van der Waals surface area (Å²) in [5, 5.41) is 10.1. The number of piperidine rings is 1. The van der Waals surface area contributed by atoms with Gasteiger partial charge in [-0.25, -0.2) is 9.97 Å². The molecule has 40 heavy (non-hydrogen) atoms. The van der Waals surface area contributed by atoms with Crippen molar-refractivity contribution in [2.24, 2.45) is 0 Å². The van der Waals surface area contributed by atoms with E-state index in [2.05, 4.69) is 53.8 Å². The number of methoxy groups -OCH3 is 1. The zero-order valence-corrected chi connectivity index (χ0v) is 23.7. The fraction of sp³-hybridized carbons (Fsp3) is 0.464. The molecular formula is C28H32N6O5S. The fourth-order valence-corrected chi connectivity index (χ4v) is 6.43. The standard InChI is InChI=1S/C28H32N6O5S/c1-5-6-14-11-18(38-4)22-19(12-14)40-27(32-22)28(2,3)33-25-24(39-25)30-20-9-7-15-16(29-20)13-34(26(15)37)17-8-10-21(35)31-23(17)36/h7,9,11-12,17,24-25,33H,5-6,8,10,13H2,1-4H3,(H,29,30)(H,31,35,36). The van der Waals surface area contributed by atoms with Gasteiger partial charge in [0.15, 0.2) is 12.5 Å². The Morgan fingerprint density at radius 1 is 1.20 bits per heavy atom. The summed E-state index contributed by atoms with van der Waals surface area (Å²) >= 11 is 1.65. The van der Waals surface area contributed by atoms with Crippen molar-refractivity contribution < 1.29 is 23.9 Å². The largest absolute Gasteiger partial charge is 0.494 e. The summed E-state index contributed by atoms with van der Waals surface area (Å²) in [5.41, 5.74) is 2.71. The summed E-state index contributed by atoms with van der Waals surface area (Å²) < 4.78 is 12.6. The van der Waals surface area contributed by atoms with Gasteiger partial charge in [-0.3, -0.25) is 25.0 Å². The van der Waals surface area contributed by atoms with Crippen LogP contribution in [-0.2, 0) is 32.8 Å². The second kappa shape index (κ2) is 10.1. The van der Waals surface area contributed by atoms with Gasteiger partial charge in [0.25, 0.3) is 5.91 Å². The third-order valence-corrected chi connectivity index (χ3v) is 8.80. The molecule has 3 atom stereocenters. The molecule has 3 amide bonds. The van der Waals surface area contributed by atoms with Crippen LogP contribution < -0.4 is 20.7 Å². The Morgan fingerprint density at radius 2 is 2.02 bits per heavy atom. The Labute approximate surface area is 235 Å². The maximum Gasteiger partial charge on any atom is 0.256 e. The van der Waals surface area contributed by atoms with Crippen molar-refractivity contribution in [2.45, 2.75) is 77.0 Å². The third-order valence-electron chi connectivity index (χ3n) is 7.47. The van der Waals surface area contributed by atoms with E-state index >= 15 is 0 Å². The van der Waals surface area contributed by atoms with Crippen LogP contribution in [0.3, 0.4) is 0 Å². The van der Waals surface area contributed by atoms with Crippen LogP contribution in [0, 0.1) is 0 Å². The molecule has 3 aliphatic rings. The van der Waals surface area contributed by atoms with Crippen molar-refractivity contribution in [3.05, 3.63) is 46.1 Å². The molecule has 1 aromatic carbocycles. The minimum Gasteiger partial charge on any atom is -0.494 e. The molecule has 2 fully saturated rings. The normalized spacial score (nSPS) is 22.4. The number of hydrogen-bond acceptors (Lipinski definition) is 10. The summed E-state index contributed by atoms with van der Waals surface area (Å²) in [6.45, 7) is 6.53. The number of aromatic nitrogens is 2. The fourth-order valence-electron chi connectivity index (χ4n) is 5.32. The molecule has 3 aliphatic heterocycles. The van der Waals surface area contributed by atoms with E-state index in [4.69, 9.17) is 14.5 Å². The number of anilines is 1. The molecule has 2 saturated heterocycles. The first kappa shape index (κ1) is 26.6. The Balaban J connectivity index is 1.11. The molecule has 3 aromatic rings. The molecule has 12 heteroatoms. The van der Waals surface area contributed by atoms with Gasteiger partial charge in [0, 0.05) is 6.42 Å². The third kappa shape index (κ3) is 4.91. The molecule has 0 bridgehead atoms. The predicted molar refractivity (Wildman–Crippen MR) is 149 cm³/mol. The quantitative estimate of drug-likeness (QED) is 0.264. The smallest absolute Gasteiger partial charge is 0.256 e. The van der Waals surface area contributed by atoms with Gasteiger partial charge >= 0.3 is 0 Å². The Kier molecular flexibility index (Phi) is 6.71. The van der Waals surface area contributed by atoms with E-state index in [1.807, 2.05) is 0 Å². The number of nitrogens with zero attached hydrogens (tertiary/aromatic N) is 3. The number of fused-ring (bicyclic) bond motifs is 2. The first-order chi connectivity index (χ1) is 19.2. The van der Waals surface area contributed by atoms with Crippen molar-refractivity contribution in [3.8, 4) is 5.75 Å². The van der Waals surface area contributed by atoms with Gasteiger partial charge in [0.2, 0.25) is 11.8 Å². The molecular weight excluding hydrogens is 532 g/mol. The Hall–Kier alpha value is -3.61. The van der Waals surface area contributed by atoms with E-state index in [-0.39, 0.29) is 37.2 Å². The summed E-state index contributed by atoms with van der Waals surface area (Å²) in [6.07, 6.45) is 2.03. The van der Waals surface area contributed by atoms with Crippen molar-refractivity contribution in [2.75, 3.05) is 12.4 Å².